The second kappa shape index (κ2) is 6.53. The van der Waals surface area contributed by atoms with Crippen molar-refractivity contribution in [2.75, 3.05) is 7.11 Å². The zero-order valence-corrected chi connectivity index (χ0v) is 10.7. The second-order valence-corrected chi connectivity index (χ2v) is 7.77. The molecule has 0 amide bonds. The van der Waals surface area contributed by atoms with Crippen LogP contribution in [-0.2, 0) is 13.5 Å². The third kappa shape index (κ3) is 4.22. The molecule has 0 aliphatic heterocycles. The second-order valence-electron chi connectivity index (χ2n) is 2.05. The maximum absolute atomic E-state index is 5.74. The average Bonchev–Trinajstić information content (AvgIpc) is 2.04. The zero-order chi connectivity index (χ0) is 8.97. The monoisotopic (exact) mass is 307 g/mol. The van der Waals surface area contributed by atoms with Gasteiger partial charge in [0, 0.05) is 0 Å². The molecular weight excluding hydrogens is 296 g/mol. The molecule has 1 nitrogen and oxygen atoms in total. The summed E-state index contributed by atoms with van der Waals surface area (Å²) >= 11 is -1.74. The van der Waals surface area contributed by atoms with Gasteiger partial charge < -0.3 is 7.43 Å². The van der Waals surface area contributed by atoms with Gasteiger partial charge in [0.05, 0.1) is 0 Å². The Morgan fingerprint density at radius 1 is 1.31 bits per heavy atom. The summed E-state index contributed by atoms with van der Waals surface area (Å²) in [6.07, 6.45) is 0. The minimum atomic E-state index is -1.74. The van der Waals surface area contributed by atoms with Crippen molar-refractivity contribution in [3.8, 4) is 5.75 Å². The molecule has 0 aliphatic carbocycles. The van der Waals surface area contributed by atoms with Crippen LogP contribution < -0.4 is 4.74 Å². The van der Waals surface area contributed by atoms with E-state index < -0.39 is 13.5 Å². The zero-order valence-electron chi connectivity index (χ0n) is 7.40. The third-order valence-corrected chi connectivity index (χ3v) is 3.16. The number of para-hydroxylation sites is 1. The van der Waals surface area contributed by atoms with Gasteiger partial charge in [-0.2, -0.15) is 0 Å². The van der Waals surface area contributed by atoms with Crippen LogP contribution in [0.15, 0.2) is 24.3 Å². The van der Waals surface area contributed by atoms with Gasteiger partial charge in [0.2, 0.25) is 0 Å². The van der Waals surface area contributed by atoms with Gasteiger partial charge in [-0.1, -0.05) is 0 Å². The maximum atomic E-state index is 5.74. The van der Waals surface area contributed by atoms with Gasteiger partial charge in [0.15, 0.2) is 0 Å². The van der Waals surface area contributed by atoms with Crippen molar-refractivity contribution >= 4 is 24.0 Å². The van der Waals surface area contributed by atoms with Crippen molar-refractivity contribution in [1.82, 2.24) is 0 Å². The Bertz CT molecular complexity index is 295. The Morgan fingerprint density at radius 3 is 2.46 bits per heavy atom. The molecule has 0 fully saturated rings. The molecule has 1 aromatic carbocycles. The topological polar surface area (TPSA) is 9.23 Å². The standard InChI is InChI=1S/C8H8O.CH3.2ClH.Ru/c1-7-5-3-4-6-8(7)9-2;;;;/h1,3-6H,2H3;1H3;2*1H;/q;-1;;;+2/p-2. The summed E-state index contributed by atoms with van der Waals surface area (Å²) in [5, 5.41) is 0. The minimum Gasteiger partial charge on any atom is -0.358 e. The molecule has 0 aliphatic rings. The molecule has 4 heteroatoms. The Hall–Kier alpha value is 0.0934. The first kappa shape index (κ1) is 13.1. The third-order valence-electron chi connectivity index (χ3n) is 1.33. The van der Waals surface area contributed by atoms with E-state index in [0.29, 0.717) is 0 Å². The van der Waals surface area contributed by atoms with E-state index in [-0.39, 0.29) is 7.43 Å². The van der Waals surface area contributed by atoms with E-state index in [2.05, 4.69) is 0 Å². The predicted molar refractivity (Wildman–Crippen MR) is 56.3 cm³/mol. The van der Waals surface area contributed by atoms with Crippen LogP contribution >= 0.6 is 19.4 Å². The Balaban J connectivity index is 0.00000144. The van der Waals surface area contributed by atoms with E-state index in [9.17, 15) is 0 Å². The van der Waals surface area contributed by atoms with Crippen LogP contribution in [0.2, 0.25) is 0 Å². The molecule has 0 atom stereocenters. The summed E-state index contributed by atoms with van der Waals surface area (Å²) in [7, 11) is 13.1. The molecule has 0 saturated carbocycles. The summed E-state index contributed by atoms with van der Waals surface area (Å²) in [5.41, 5.74) is 0.976. The van der Waals surface area contributed by atoms with Crippen LogP contribution in [0.3, 0.4) is 0 Å². The molecule has 0 aromatic heterocycles. The van der Waals surface area contributed by atoms with Crippen molar-refractivity contribution in [2.24, 2.45) is 0 Å². The smallest absolute Gasteiger partial charge is 0.358 e. The van der Waals surface area contributed by atoms with E-state index in [0.717, 1.165) is 11.3 Å². The van der Waals surface area contributed by atoms with Crippen LogP contribution in [0.5, 0.6) is 5.75 Å². The molecule has 0 unspecified atom stereocenters. The molecule has 0 saturated heterocycles. The number of methoxy groups -OCH3 is 1. The quantitative estimate of drug-likeness (QED) is 0.602. The number of rotatable bonds is 2. The molecule has 1 aromatic rings. The fraction of sp³-hybridized carbons (Fsp3) is 0.111. The van der Waals surface area contributed by atoms with Gasteiger partial charge in [0.1, 0.15) is 0 Å². The number of ether oxygens (including phenoxy) is 1. The molecule has 13 heavy (non-hydrogen) atoms. The van der Waals surface area contributed by atoms with E-state index >= 15 is 0 Å². The first-order valence-corrected chi connectivity index (χ1v) is 8.68. The molecule has 76 valence electrons. The molecule has 0 heterocycles. The summed E-state index contributed by atoms with van der Waals surface area (Å²) in [4.78, 5) is 0. The van der Waals surface area contributed by atoms with E-state index in [1.165, 1.54) is 0 Å². The van der Waals surface area contributed by atoms with Gasteiger partial charge in [-0.05, 0) is 0 Å². The molecule has 0 bridgehead atoms. The summed E-state index contributed by atoms with van der Waals surface area (Å²) < 4.78 is 6.99. The van der Waals surface area contributed by atoms with Gasteiger partial charge in [-0.15, -0.1) is 0 Å². The number of hydrogen-bond acceptors (Lipinski definition) is 1. The Morgan fingerprint density at radius 2 is 1.92 bits per heavy atom. The van der Waals surface area contributed by atoms with Crippen molar-refractivity contribution in [1.29, 1.82) is 0 Å². The summed E-state index contributed by atoms with van der Waals surface area (Å²) in [5.74, 6) is 0.817. The Labute approximate surface area is 92.1 Å². The van der Waals surface area contributed by atoms with E-state index in [4.69, 9.17) is 24.1 Å². The van der Waals surface area contributed by atoms with Crippen molar-refractivity contribution in [3.05, 3.63) is 37.3 Å². The van der Waals surface area contributed by atoms with Gasteiger partial charge in [-0.3, -0.25) is 0 Å². The van der Waals surface area contributed by atoms with Crippen LogP contribution in [0.1, 0.15) is 5.56 Å². The van der Waals surface area contributed by atoms with E-state index in [1.807, 2.05) is 28.9 Å². The van der Waals surface area contributed by atoms with Crippen molar-refractivity contribution < 1.29 is 18.3 Å². The van der Waals surface area contributed by atoms with Gasteiger partial charge in [-0.25, -0.2) is 0 Å². The molecular formula is C9H11Cl2ORu-. The van der Waals surface area contributed by atoms with Crippen molar-refractivity contribution in [2.45, 2.75) is 0 Å². The van der Waals surface area contributed by atoms with Crippen LogP contribution in [0.25, 0.3) is 0 Å². The average molecular weight is 307 g/mol. The first-order chi connectivity index (χ1) is 5.74. The first-order valence-electron chi connectivity index (χ1n) is 3.20. The fourth-order valence-electron chi connectivity index (χ4n) is 0.834. The number of hydrogen-bond donors (Lipinski definition) is 0. The molecule has 1 rings (SSSR count). The predicted octanol–water partition coefficient (Wildman–Crippen LogP) is 3.22. The summed E-state index contributed by atoms with van der Waals surface area (Å²) in [6.45, 7) is 0. The SMILES string of the molecule is COc1ccccc1[CH]=[Ru]([Cl])[Cl].[CH3-]. The van der Waals surface area contributed by atoms with Gasteiger partial charge >= 0.3 is 84.9 Å². The maximum Gasteiger partial charge on any atom is -0.358 e. The minimum absolute atomic E-state index is 0. The van der Waals surface area contributed by atoms with Crippen LogP contribution in [0, 0.1) is 7.43 Å². The number of benzene rings is 1. The molecule has 0 radical (unpaired) electrons. The fourth-order valence-corrected chi connectivity index (χ4v) is 2.64. The largest absolute Gasteiger partial charge is 0.358 e. The molecule has 0 N–H and O–H groups in total. The summed E-state index contributed by atoms with van der Waals surface area (Å²) in [6, 6.07) is 7.66. The number of halogens is 2. The van der Waals surface area contributed by atoms with Crippen LogP contribution in [0.4, 0.5) is 0 Å². The molecule has 0 spiro atoms. The normalized spacial score (nSPS) is 9.92. The van der Waals surface area contributed by atoms with Crippen LogP contribution in [-0.4, -0.2) is 11.7 Å². The van der Waals surface area contributed by atoms with Crippen molar-refractivity contribution in [3.63, 3.8) is 0 Å². The van der Waals surface area contributed by atoms with Gasteiger partial charge in [0.25, 0.3) is 0 Å². The van der Waals surface area contributed by atoms with E-state index in [1.54, 1.807) is 7.11 Å². The Kier molecular flexibility index (Phi) is 6.58.